The molecule has 2 rings (SSSR count). The zero-order valence-electron chi connectivity index (χ0n) is 8.67. The summed E-state index contributed by atoms with van der Waals surface area (Å²) in [4.78, 5) is 1.52. The minimum absolute atomic E-state index is 0.832. The summed E-state index contributed by atoms with van der Waals surface area (Å²) in [7, 11) is 1.50. The van der Waals surface area contributed by atoms with E-state index in [1.807, 2.05) is 25.2 Å². The summed E-state index contributed by atoms with van der Waals surface area (Å²) < 4.78 is 5.26. The molecule has 0 aliphatic carbocycles. The minimum Gasteiger partial charge on any atom is -0.376 e. The van der Waals surface area contributed by atoms with Gasteiger partial charge in [-0.3, -0.25) is 0 Å². The van der Waals surface area contributed by atoms with Gasteiger partial charge in [0.25, 0.3) is 0 Å². The molecule has 1 aromatic rings. The van der Waals surface area contributed by atoms with E-state index in [0.29, 0.717) is 0 Å². The van der Waals surface area contributed by atoms with Crippen LogP contribution in [0.5, 0.6) is 0 Å². The third-order valence-corrected chi connectivity index (χ3v) is 2.59. The molecule has 0 atom stereocenters. The molecule has 3 heteroatoms. The quantitative estimate of drug-likeness (QED) is 0.699. The van der Waals surface area contributed by atoms with Crippen LogP contribution < -0.4 is 5.73 Å². The van der Waals surface area contributed by atoms with Gasteiger partial charge in [-0.05, 0) is 24.1 Å². The summed E-state index contributed by atoms with van der Waals surface area (Å²) >= 11 is 1.85. The van der Waals surface area contributed by atoms with Gasteiger partial charge in [0, 0.05) is 11.3 Å². The van der Waals surface area contributed by atoms with Crippen LogP contribution in [-0.4, -0.2) is 13.7 Å². The van der Waals surface area contributed by atoms with Crippen molar-refractivity contribution in [3.63, 3.8) is 0 Å². The fourth-order valence-electron chi connectivity index (χ4n) is 1.06. The van der Waals surface area contributed by atoms with Crippen molar-refractivity contribution in [1.29, 1.82) is 0 Å². The van der Waals surface area contributed by atoms with Crippen molar-refractivity contribution in [2.45, 2.75) is 26.9 Å². The smallest absolute Gasteiger partial charge is 0.0727 e. The Morgan fingerprint density at radius 2 is 2.08 bits per heavy atom. The maximum atomic E-state index is 5.26. The SMILES string of the molecule is CC.CN.c1cc2c(s1)CCOC2. The maximum Gasteiger partial charge on any atom is 0.0727 e. The van der Waals surface area contributed by atoms with Crippen molar-refractivity contribution in [1.82, 2.24) is 0 Å². The molecule has 2 N–H and O–H groups in total. The van der Waals surface area contributed by atoms with Crippen LogP contribution in [0.25, 0.3) is 0 Å². The molecule has 0 aromatic carbocycles. The Balaban J connectivity index is 0.000000322. The molecule has 0 saturated heterocycles. The van der Waals surface area contributed by atoms with E-state index in [2.05, 4.69) is 17.2 Å². The number of thiophene rings is 1. The van der Waals surface area contributed by atoms with Crippen LogP contribution >= 0.6 is 11.3 Å². The number of hydrogen-bond acceptors (Lipinski definition) is 3. The van der Waals surface area contributed by atoms with Crippen LogP contribution in [0.4, 0.5) is 0 Å². The lowest BCUT2D eigenvalue weighted by Gasteiger charge is -2.10. The summed E-state index contributed by atoms with van der Waals surface area (Å²) in [6.07, 6.45) is 1.12. The lowest BCUT2D eigenvalue weighted by molar-refractivity contribution is 0.112. The lowest BCUT2D eigenvalue weighted by Crippen LogP contribution is -2.05. The molecule has 0 fully saturated rings. The molecule has 1 aliphatic heterocycles. The largest absolute Gasteiger partial charge is 0.376 e. The van der Waals surface area contributed by atoms with Crippen LogP contribution in [-0.2, 0) is 17.8 Å². The summed E-state index contributed by atoms with van der Waals surface area (Å²) in [6, 6.07) is 2.15. The Bertz CT molecular complexity index is 190. The average molecular weight is 201 g/mol. The fourth-order valence-corrected chi connectivity index (χ4v) is 1.94. The molecule has 2 nitrogen and oxygen atoms in total. The van der Waals surface area contributed by atoms with Crippen molar-refractivity contribution in [3.05, 3.63) is 21.9 Å². The van der Waals surface area contributed by atoms with E-state index in [4.69, 9.17) is 4.74 Å². The van der Waals surface area contributed by atoms with Gasteiger partial charge in [0.15, 0.2) is 0 Å². The number of fused-ring (bicyclic) bond motifs is 1. The topological polar surface area (TPSA) is 35.2 Å². The molecule has 0 bridgehead atoms. The van der Waals surface area contributed by atoms with Gasteiger partial charge in [-0.1, -0.05) is 13.8 Å². The monoisotopic (exact) mass is 201 g/mol. The highest BCUT2D eigenvalue weighted by atomic mass is 32.1. The Labute approximate surface area is 84.7 Å². The zero-order valence-corrected chi connectivity index (χ0v) is 9.49. The second kappa shape index (κ2) is 8.23. The van der Waals surface area contributed by atoms with Gasteiger partial charge >= 0.3 is 0 Å². The van der Waals surface area contributed by atoms with Gasteiger partial charge in [-0.25, -0.2) is 0 Å². The first-order valence-electron chi connectivity index (χ1n) is 4.67. The van der Waals surface area contributed by atoms with Crippen molar-refractivity contribution in [3.8, 4) is 0 Å². The minimum atomic E-state index is 0.832. The van der Waals surface area contributed by atoms with Crippen molar-refractivity contribution < 1.29 is 4.74 Å². The third kappa shape index (κ3) is 3.89. The molecule has 76 valence electrons. The van der Waals surface area contributed by atoms with Gasteiger partial charge in [0.2, 0.25) is 0 Å². The molecule has 0 unspecified atom stereocenters. The van der Waals surface area contributed by atoms with E-state index < -0.39 is 0 Å². The Kier molecular flexibility index (Phi) is 7.99. The van der Waals surface area contributed by atoms with Gasteiger partial charge < -0.3 is 10.5 Å². The van der Waals surface area contributed by atoms with Gasteiger partial charge in [-0.15, -0.1) is 11.3 Å². The maximum absolute atomic E-state index is 5.26. The molecule has 0 saturated carbocycles. The van der Waals surface area contributed by atoms with Gasteiger partial charge in [0.05, 0.1) is 13.2 Å². The molecule has 1 aliphatic rings. The highest BCUT2D eigenvalue weighted by Crippen LogP contribution is 2.21. The lowest BCUT2D eigenvalue weighted by atomic mass is 10.2. The number of hydrogen-bond donors (Lipinski definition) is 1. The van der Waals surface area contributed by atoms with Crippen molar-refractivity contribution in [2.24, 2.45) is 5.73 Å². The number of rotatable bonds is 0. The van der Waals surface area contributed by atoms with E-state index in [0.717, 1.165) is 19.6 Å². The van der Waals surface area contributed by atoms with Crippen molar-refractivity contribution >= 4 is 11.3 Å². The highest BCUT2D eigenvalue weighted by molar-refractivity contribution is 7.10. The van der Waals surface area contributed by atoms with E-state index in [1.165, 1.54) is 17.5 Å². The predicted molar refractivity (Wildman–Crippen MR) is 59.1 cm³/mol. The molecular weight excluding hydrogens is 182 g/mol. The molecule has 0 amide bonds. The Hall–Kier alpha value is -0.380. The van der Waals surface area contributed by atoms with E-state index >= 15 is 0 Å². The second-order valence-electron chi connectivity index (χ2n) is 2.17. The van der Waals surface area contributed by atoms with Crippen LogP contribution in [0.1, 0.15) is 24.3 Å². The number of nitrogens with two attached hydrogens (primary N) is 1. The first-order chi connectivity index (χ1) is 6.47. The van der Waals surface area contributed by atoms with E-state index in [9.17, 15) is 0 Å². The molecule has 0 radical (unpaired) electrons. The summed E-state index contributed by atoms with van der Waals surface area (Å²) in [5.74, 6) is 0. The second-order valence-corrected chi connectivity index (χ2v) is 3.17. The van der Waals surface area contributed by atoms with Crippen LogP contribution in [0.15, 0.2) is 11.4 Å². The first kappa shape index (κ1) is 12.6. The normalized spacial score (nSPS) is 12.9. The highest BCUT2D eigenvalue weighted by Gasteiger charge is 2.08. The van der Waals surface area contributed by atoms with Crippen LogP contribution in [0.2, 0.25) is 0 Å². The van der Waals surface area contributed by atoms with Gasteiger partial charge in [0.1, 0.15) is 0 Å². The predicted octanol–water partition coefficient (Wildman–Crippen LogP) is 2.42. The van der Waals surface area contributed by atoms with Crippen LogP contribution in [0.3, 0.4) is 0 Å². The molecule has 0 spiro atoms. The van der Waals surface area contributed by atoms with E-state index in [1.54, 1.807) is 0 Å². The molecule has 13 heavy (non-hydrogen) atoms. The Morgan fingerprint density at radius 3 is 2.69 bits per heavy atom. The standard InChI is InChI=1S/C7H8OS.C2H6.CH5N/c1-3-8-5-6-2-4-9-7(1)6;2*1-2/h2,4H,1,3,5H2;1-2H3;2H2,1H3. The molecule has 1 aromatic heterocycles. The van der Waals surface area contributed by atoms with Crippen LogP contribution in [0, 0.1) is 0 Å². The van der Waals surface area contributed by atoms with Gasteiger partial charge in [-0.2, -0.15) is 0 Å². The third-order valence-electron chi connectivity index (χ3n) is 1.57. The first-order valence-corrected chi connectivity index (χ1v) is 5.55. The fraction of sp³-hybridized carbons (Fsp3) is 0.600. The summed E-state index contributed by atoms with van der Waals surface area (Å²) in [5.41, 5.74) is 5.89. The summed E-state index contributed by atoms with van der Waals surface area (Å²) in [5, 5.41) is 2.14. The van der Waals surface area contributed by atoms with E-state index in [-0.39, 0.29) is 0 Å². The molecular formula is C10H19NOS. The van der Waals surface area contributed by atoms with Crippen molar-refractivity contribution in [2.75, 3.05) is 13.7 Å². The zero-order chi connectivity index (χ0) is 10.1. The number of ether oxygens (including phenoxy) is 1. The average Bonchev–Trinajstić information content (AvgIpc) is 2.71. The summed E-state index contributed by atoms with van der Waals surface area (Å²) in [6.45, 7) is 5.74. The Morgan fingerprint density at radius 1 is 1.38 bits per heavy atom. The molecule has 2 heterocycles.